The standard InChI is InChI=1S/C19H22N2O2S/c1-13(2)23-17-6-4-5-16(11-17)18(22)21-19(24)20-12-15-9-7-14(3)8-10-15/h4-11,13H,12H2,1-3H3,(H2,20,21,22,24). The molecular weight excluding hydrogens is 320 g/mol. The van der Waals surface area contributed by atoms with Crippen LogP contribution in [0.2, 0.25) is 0 Å². The van der Waals surface area contributed by atoms with E-state index in [1.165, 1.54) is 5.56 Å². The van der Waals surface area contributed by atoms with Crippen molar-refractivity contribution in [2.75, 3.05) is 0 Å². The number of hydrogen-bond donors (Lipinski definition) is 2. The molecule has 0 aromatic heterocycles. The molecule has 126 valence electrons. The second-order valence-corrected chi connectivity index (χ2v) is 6.23. The van der Waals surface area contributed by atoms with E-state index in [9.17, 15) is 4.79 Å². The van der Waals surface area contributed by atoms with E-state index in [1.807, 2.05) is 51.1 Å². The van der Waals surface area contributed by atoms with E-state index in [0.29, 0.717) is 23.0 Å². The Bertz CT molecular complexity index is 712. The van der Waals surface area contributed by atoms with Gasteiger partial charge in [0.05, 0.1) is 6.10 Å². The largest absolute Gasteiger partial charge is 0.491 e. The highest BCUT2D eigenvalue weighted by Crippen LogP contribution is 2.14. The van der Waals surface area contributed by atoms with Gasteiger partial charge < -0.3 is 10.1 Å². The van der Waals surface area contributed by atoms with Crippen LogP contribution < -0.4 is 15.4 Å². The molecule has 0 saturated heterocycles. The fourth-order valence-corrected chi connectivity index (χ4v) is 2.26. The number of thiocarbonyl (C=S) groups is 1. The first-order valence-corrected chi connectivity index (χ1v) is 8.26. The number of hydrogen-bond acceptors (Lipinski definition) is 3. The lowest BCUT2D eigenvalue weighted by atomic mass is 10.1. The van der Waals surface area contributed by atoms with Crippen LogP contribution in [-0.2, 0) is 6.54 Å². The number of amides is 1. The van der Waals surface area contributed by atoms with Crippen molar-refractivity contribution in [2.45, 2.75) is 33.4 Å². The number of nitrogens with one attached hydrogen (secondary N) is 2. The van der Waals surface area contributed by atoms with Gasteiger partial charge in [0.25, 0.3) is 5.91 Å². The maximum absolute atomic E-state index is 12.3. The Morgan fingerprint density at radius 2 is 1.88 bits per heavy atom. The van der Waals surface area contributed by atoms with Gasteiger partial charge in [0, 0.05) is 12.1 Å². The molecule has 5 heteroatoms. The van der Waals surface area contributed by atoms with E-state index in [1.54, 1.807) is 18.2 Å². The molecule has 0 aliphatic rings. The van der Waals surface area contributed by atoms with Crippen molar-refractivity contribution in [1.82, 2.24) is 10.6 Å². The lowest BCUT2D eigenvalue weighted by Gasteiger charge is -2.12. The number of rotatable bonds is 5. The van der Waals surface area contributed by atoms with Crippen LogP contribution in [0.4, 0.5) is 0 Å². The van der Waals surface area contributed by atoms with Crippen LogP contribution in [0.1, 0.15) is 35.3 Å². The fraction of sp³-hybridized carbons (Fsp3) is 0.263. The molecule has 0 aliphatic heterocycles. The predicted molar refractivity (Wildman–Crippen MR) is 100 cm³/mol. The first-order chi connectivity index (χ1) is 11.4. The van der Waals surface area contributed by atoms with Gasteiger partial charge in [0.15, 0.2) is 5.11 Å². The summed E-state index contributed by atoms with van der Waals surface area (Å²) in [7, 11) is 0. The van der Waals surface area contributed by atoms with Crippen molar-refractivity contribution in [3.05, 3.63) is 65.2 Å². The molecular formula is C19H22N2O2S. The molecule has 0 unspecified atom stereocenters. The third-order valence-electron chi connectivity index (χ3n) is 3.27. The van der Waals surface area contributed by atoms with Crippen molar-refractivity contribution in [3.8, 4) is 5.75 Å². The number of benzene rings is 2. The summed E-state index contributed by atoms with van der Waals surface area (Å²) in [5.74, 6) is 0.404. The van der Waals surface area contributed by atoms with E-state index in [4.69, 9.17) is 17.0 Å². The van der Waals surface area contributed by atoms with Gasteiger partial charge in [-0.25, -0.2) is 0 Å². The summed E-state index contributed by atoms with van der Waals surface area (Å²) in [6, 6.07) is 15.2. The summed E-state index contributed by atoms with van der Waals surface area (Å²) in [5, 5.41) is 6.02. The SMILES string of the molecule is Cc1ccc(CNC(=S)NC(=O)c2cccc(OC(C)C)c2)cc1. The van der Waals surface area contributed by atoms with E-state index >= 15 is 0 Å². The van der Waals surface area contributed by atoms with Crippen LogP contribution in [0, 0.1) is 6.92 Å². The molecule has 0 atom stereocenters. The minimum Gasteiger partial charge on any atom is -0.491 e. The zero-order valence-corrected chi connectivity index (χ0v) is 14.9. The molecule has 0 spiro atoms. The average molecular weight is 342 g/mol. The molecule has 2 rings (SSSR count). The molecule has 1 amide bonds. The second kappa shape index (κ2) is 8.45. The Hall–Kier alpha value is -2.40. The van der Waals surface area contributed by atoms with Crippen LogP contribution in [0.25, 0.3) is 0 Å². The predicted octanol–water partition coefficient (Wildman–Crippen LogP) is 3.59. The van der Waals surface area contributed by atoms with Crippen LogP contribution in [0.15, 0.2) is 48.5 Å². The van der Waals surface area contributed by atoms with E-state index in [2.05, 4.69) is 10.6 Å². The average Bonchev–Trinajstić information content (AvgIpc) is 2.54. The quantitative estimate of drug-likeness (QED) is 0.816. The van der Waals surface area contributed by atoms with Gasteiger partial charge in [-0.05, 0) is 56.8 Å². The minimum absolute atomic E-state index is 0.0561. The molecule has 0 saturated carbocycles. The highest BCUT2D eigenvalue weighted by atomic mass is 32.1. The number of carbonyl (C=O) groups is 1. The van der Waals surface area contributed by atoms with Crippen LogP contribution in [0.3, 0.4) is 0 Å². The first kappa shape index (κ1) is 17.9. The highest BCUT2D eigenvalue weighted by Gasteiger charge is 2.09. The topological polar surface area (TPSA) is 50.4 Å². The van der Waals surface area contributed by atoms with Gasteiger partial charge >= 0.3 is 0 Å². The molecule has 2 aromatic carbocycles. The van der Waals surface area contributed by atoms with Crippen LogP contribution >= 0.6 is 12.2 Å². The maximum atomic E-state index is 12.3. The number of aryl methyl sites for hydroxylation is 1. The summed E-state index contributed by atoms with van der Waals surface area (Å²) in [6.45, 7) is 6.49. The van der Waals surface area contributed by atoms with Gasteiger partial charge in [-0.2, -0.15) is 0 Å². The summed E-state index contributed by atoms with van der Waals surface area (Å²) in [4.78, 5) is 12.3. The maximum Gasteiger partial charge on any atom is 0.257 e. The van der Waals surface area contributed by atoms with Gasteiger partial charge in [-0.3, -0.25) is 10.1 Å². The Kier molecular flexibility index (Phi) is 6.32. The molecule has 2 aromatic rings. The van der Waals surface area contributed by atoms with E-state index in [0.717, 1.165) is 5.56 Å². The lowest BCUT2D eigenvalue weighted by molar-refractivity contribution is 0.0976. The van der Waals surface area contributed by atoms with Gasteiger partial charge in [-0.15, -0.1) is 0 Å². The first-order valence-electron chi connectivity index (χ1n) is 7.85. The minimum atomic E-state index is -0.259. The normalized spacial score (nSPS) is 10.3. The van der Waals surface area contributed by atoms with Crippen molar-refractivity contribution in [1.29, 1.82) is 0 Å². The third kappa shape index (κ3) is 5.66. The summed E-state index contributed by atoms with van der Waals surface area (Å²) in [5.41, 5.74) is 2.82. The fourth-order valence-electron chi connectivity index (χ4n) is 2.09. The van der Waals surface area contributed by atoms with Gasteiger partial charge in [0.1, 0.15) is 5.75 Å². The summed E-state index contributed by atoms with van der Waals surface area (Å²) < 4.78 is 5.60. The number of carbonyl (C=O) groups excluding carboxylic acids is 1. The molecule has 4 nitrogen and oxygen atoms in total. The third-order valence-corrected chi connectivity index (χ3v) is 3.52. The zero-order chi connectivity index (χ0) is 17.5. The molecule has 2 N–H and O–H groups in total. The molecule has 0 fully saturated rings. The smallest absolute Gasteiger partial charge is 0.257 e. The highest BCUT2D eigenvalue weighted by molar-refractivity contribution is 7.80. The second-order valence-electron chi connectivity index (χ2n) is 5.82. The lowest BCUT2D eigenvalue weighted by Crippen LogP contribution is -2.38. The van der Waals surface area contributed by atoms with Gasteiger partial charge in [0.2, 0.25) is 0 Å². The van der Waals surface area contributed by atoms with Crippen molar-refractivity contribution in [2.24, 2.45) is 0 Å². The Morgan fingerprint density at radius 1 is 1.17 bits per heavy atom. The molecule has 0 bridgehead atoms. The summed E-state index contributed by atoms with van der Waals surface area (Å²) >= 11 is 5.18. The van der Waals surface area contributed by atoms with Gasteiger partial charge in [-0.1, -0.05) is 35.9 Å². The number of ether oxygens (including phenoxy) is 1. The molecule has 0 radical (unpaired) electrons. The Balaban J connectivity index is 1.89. The van der Waals surface area contributed by atoms with Crippen LogP contribution in [-0.4, -0.2) is 17.1 Å². The van der Waals surface area contributed by atoms with E-state index in [-0.39, 0.29) is 12.0 Å². The van der Waals surface area contributed by atoms with Crippen molar-refractivity contribution < 1.29 is 9.53 Å². The van der Waals surface area contributed by atoms with Crippen LogP contribution in [0.5, 0.6) is 5.75 Å². The Labute approximate surface area is 148 Å². The summed E-state index contributed by atoms with van der Waals surface area (Å²) in [6.07, 6.45) is 0.0561. The molecule has 24 heavy (non-hydrogen) atoms. The Morgan fingerprint density at radius 3 is 2.54 bits per heavy atom. The van der Waals surface area contributed by atoms with Crippen molar-refractivity contribution in [3.63, 3.8) is 0 Å². The molecule has 0 aliphatic carbocycles. The molecule has 0 heterocycles. The zero-order valence-electron chi connectivity index (χ0n) is 14.1. The van der Waals surface area contributed by atoms with Crippen molar-refractivity contribution >= 4 is 23.2 Å². The van der Waals surface area contributed by atoms with E-state index < -0.39 is 0 Å². The monoisotopic (exact) mass is 342 g/mol.